The number of rotatable bonds is 4. The highest BCUT2D eigenvalue weighted by molar-refractivity contribution is 5.48. The summed E-state index contributed by atoms with van der Waals surface area (Å²) >= 11 is 0. The molecule has 19 heavy (non-hydrogen) atoms. The topological polar surface area (TPSA) is 21.7 Å². The molecule has 0 saturated heterocycles. The first kappa shape index (κ1) is 14.2. The molecule has 2 unspecified atom stereocenters. The average molecular weight is 263 g/mol. The monoisotopic (exact) mass is 263 g/mol. The van der Waals surface area contributed by atoms with E-state index in [0.717, 1.165) is 24.5 Å². The first-order chi connectivity index (χ1) is 9.10. The number of methoxy groups -OCH3 is 2. The van der Waals surface area contributed by atoms with E-state index >= 15 is 0 Å². The highest BCUT2D eigenvalue weighted by Gasteiger charge is 2.27. The highest BCUT2D eigenvalue weighted by Crippen LogP contribution is 2.35. The van der Waals surface area contributed by atoms with E-state index < -0.39 is 0 Å². The van der Waals surface area contributed by atoms with Gasteiger partial charge in [-0.25, -0.2) is 0 Å². The summed E-state index contributed by atoms with van der Waals surface area (Å²) in [7, 11) is 3.39. The summed E-state index contributed by atoms with van der Waals surface area (Å²) in [5.41, 5.74) is 2.76. The molecule has 2 atom stereocenters. The third-order valence-electron chi connectivity index (χ3n) is 4.30. The van der Waals surface area contributed by atoms with Crippen LogP contribution in [0, 0.1) is 0 Å². The minimum atomic E-state index is 0.584. The van der Waals surface area contributed by atoms with Crippen molar-refractivity contribution < 1.29 is 9.47 Å². The molecular weight excluding hydrogens is 238 g/mol. The Hall–Kier alpha value is -1.22. The van der Waals surface area contributed by atoms with E-state index in [1.54, 1.807) is 14.2 Å². The van der Waals surface area contributed by atoms with Crippen LogP contribution in [0.3, 0.4) is 0 Å². The van der Waals surface area contributed by atoms with Crippen molar-refractivity contribution in [3.8, 4) is 11.5 Å². The van der Waals surface area contributed by atoms with Gasteiger partial charge in [-0.05, 0) is 49.9 Å². The molecule has 0 bridgehead atoms. The van der Waals surface area contributed by atoms with E-state index in [2.05, 4.69) is 37.8 Å². The van der Waals surface area contributed by atoms with Gasteiger partial charge in [0.05, 0.1) is 14.2 Å². The maximum absolute atomic E-state index is 5.41. The fourth-order valence-electron chi connectivity index (χ4n) is 2.91. The second-order valence-corrected chi connectivity index (χ2v) is 5.46. The number of ether oxygens (including phenoxy) is 2. The molecule has 3 heteroatoms. The number of benzene rings is 1. The van der Waals surface area contributed by atoms with Crippen LogP contribution >= 0.6 is 0 Å². The van der Waals surface area contributed by atoms with Gasteiger partial charge in [-0.15, -0.1) is 0 Å². The van der Waals surface area contributed by atoms with E-state index in [4.69, 9.17) is 9.47 Å². The van der Waals surface area contributed by atoms with E-state index in [1.807, 2.05) is 0 Å². The minimum Gasteiger partial charge on any atom is -0.493 e. The van der Waals surface area contributed by atoms with Crippen molar-refractivity contribution in [2.75, 3.05) is 14.2 Å². The molecular formula is C16H25NO2. The molecule has 0 radical (unpaired) electrons. The van der Waals surface area contributed by atoms with E-state index in [0.29, 0.717) is 12.1 Å². The van der Waals surface area contributed by atoms with Gasteiger partial charge in [-0.1, -0.05) is 6.92 Å². The lowest BCUT2D eigenvalue weighted by molar-refractivity contribution is 0.128. The summed E-state index contributed by atoms with van der Waals surface area (Å²) in [5, 5.41) is 0. The Labute approximate surface area is 116 Å². The molecule has 3 nitrogen and oxygen atoms in total. The lowest BCUT2D eigenvalue weighted by atomic mass is 9.92. The zero-order chi connectivity index (χ0) is 14.0. The molecule has 0 aromatic heterocycles. The molecule has 0 N–H and O–H groups in total. The maximum Gasteiger partial charge on any atom is 0.161 e. The minimum absolute atomic E-state index is 0.584. The predicted molar refractivity (Wildman–Crippen MR) is 78.0 cm³/mol. The lowest BCUT2D eigenvalue weighted by Crippen LogP contribution is -2.43. The van der Waals surface area contributed by atoms with Crippen molar-refractivity contribution in [2.45, 2.75) is 52.2 Å². The molecule has 0 saturated carbocycles. The first-order valence-electron chi connectivity index (χ1n) is 7.10. The Balaban J connectivity index is 2.33. The molecule has 0 fully saturated rings. The standard InChI is InChI=1S/C16H25NO2/c1-6-11(2)17-10-14-9-16(19-5)15(18-4)8-13(14)7-12(17)3/h8-9,11-12H,6-7,10H2,1-5H3. The number of hydrogen-bond donors (Lipinski definition) is 0. The van der Waals surface area contributed by atoms with E-state index in [1.165, 1.54) is 17.5 Å². The van der Waals surface area contributed by atoms with Gasteiger partial charge < -0.3 is 9.47 Å². The third kappa shape index (κ3) is 2.71. The summed E-state index contributed by atoms with van der Waals surface area (Å²) in [6.07, 6.45) is 2.27. The lowest BCUT2D eigenvalue weighted by Gasteiger charge is -2.39. The fraction of sp³-hybridized carbons (Fsp3) is 0.625. The van der Waals surface area contributed by atoms with Gasteiger partial charge in [0.25, 0.3) is 0 Å². The molecule has 1 aromatic carbocycles. The Morgan fingerprint density at radius 2 is 1.79 bits per heavy atom. The average Bonchev–Trinajstić information content (AvgIpc) is 2.44. The largest absolute Gasteiger partial charge is 0.493 e. The van der Waals surface area contributed by atoms with Gasteiger partial charge in [0.2, 0.25) is 0 Å². The smallest absolute Gasteiger partial charge is 0.161 e. The van der Waals surface area contributed by atoms with Crippen LogP contribution in [0.15, 0.2) is 12.1 Å². The molecule has 1 heterocycles. The van der Waals surface area contributed by atoms with Gasteiger partial charge in [-0.3, -0.25) is 4.90 Å². The first-order valence-corrected chi connectivity index (χ1v) is 7.10. The second-order valence-electron chi connectivity index (χ2n) is 5.46. The van der Waals surface area contributed by atoms with Gasteiger partial charge in [-0.2, -0.15) is 0 Å². The molecule has 2 rings (SSSR count). The molecule has 0 aliphatic carbocycles. The second kappa shape index (κ2) is 5.83. The molecule has 1 aliphatic rings. The highest BCUT2D eigenvalue weighted by atomic mass is 16.5. The predicted octanol–water partition coefficient (Wildman–Crippen LogP) is 3.25. The maximum atomic E-state index is 5.41. The van der Waals surface area contributed by atoms with Crippen molar-refractivity contribution in [2.24, 2.45) is 0 Å². The molecule has 0 amide bonds. The summed E-state index contributed by atoms with van der Waals surface area (Å²) in [6.45, 7) is 7.88. The number of hydrogen-bond acceptors (Lipinski definition) is 3. The van der Waals surface area contributed by atoms with Gasteiger partial charge in [0.15, 0.2) is 11.5 Å². The van der Waals surface area contributed by atoms with Crippen molar-refractivity contribution in [3.63, 3.8) is 0 Å². The fourth-order valence-corrected chi connectivity index (χ4v) is 2.91. The Morgan fingerprint density at radius 3 is 2.32 bits per heavy atom. The number of fused-ring (bicyclic) bond motifs is 1. The Bertz CT molecular complexity index is 445. The van der Waals surface area contributed by atoms with Crippen LogP contribution in [0.1, 0.15) is 38.3 Å². The van der Waals surface area contributed by atoms with Gasteiger partial charge in [0.1, 0.15) is 0 Å². The Kier molecular flexibility index (Phi) is 4.35. The van der Waals surface area contributed by atoms with Crippen LogP contribution in [0.25, 0.3) is 0 Å². The molecule has 1 aliphatic heterocycles. The van der Waals surface area contributed by atoms with Crippen LogP contribution < -0.4 is 9.47 Å². The quantitative estimate of drug-likeness (QED) is 0.832. The summed E-state index contributed by atoms with van der Waals surface area (Å²) in [4.78, 5) is 2.58. The number of nitrogens with zero attached hydrogens (tertiary/aromatic N) is 1. The Morgan fingerprint density at radius 1 is 1.21 bits per heavy atom. The van der Waals surface area contributed by atoms with Gasteiger partial charge in [0, 0.05) is 18.6 Å². The van der Waals surface area contributed by atoms with Crippen molar-refractivity contribution >= 4 is 0 Å². The summed E-state index contributed by atoms with van der Waals surface area (Å²) in [5.74, 6) is 1.67. The zero-order valence-electron chi connectivity index (χ0n) is 12.7. The van der Waals surface area contributed by atoms with Crippen LogP contribution in [0.2, 0.25) is 0 Å². The summed E-state index contributed by atoms with van der Waals surface area (Å²) in [6, 6.07) is 5.48. The van der Waals surface area contributed by atoms with Crippen LogP contribution in [0.5, 0.6) is 11.5 Å². The van der Waals surface area contributed by atoms with E-state index in [-0.39, 0.29) is 0 Å². The van der Waals surface area contributed by atoms with Crippen LogP contribution in [-0.4, -0.2) is 31.2 Å². The molecule has 106 valence electrons. The van der Waals surface area contributed by atoms with Crippen molar-refractivity contribution in [1.29, 1.82) is 0 Å². The van der Waals surface area contributed by atoms with Gasteiger partial charge >= 0.3 is 0 Å². The van der Waals surface area contributed by atoms with Crippen molar-refractivity contribution in [3.05, 3.63) is 23.3 Å². The molecule has 0 spiro atoms. The summed E-state index contributed by atoms with van der Waals surface area (Å²) < 4.78 is 10.8. The third-order valence-corrected chi connectivity index (χ3v) is 4.30. The SMILES string of the molecule is CCC(C)N1Cc2cc(OC)c(OC)cc2CC1C. The van der Waals surface area contributed by atoms with Crippen LogP contribution in [0.4, 0.5) is 0 Å². The van der Waals surface area contributed by atoms with E-state index in [9.17, 15) is 0 Å². The normalized spacial score (nSPS) is 20.8. The van der Waals surface area contributed by atoms with Crippen LogP contribution in [-0.2, 0) is 13.0 Å². The van der Waals surface area contributed by atoms with Crippen molar-refractivity contribution in [1.82, 2.24) is 4.90 Å². The molecule has 1 aromatic rings. The zero-order valence-corrected chi connectivity index (χ0v) is 12.7.